The zero-order chi connectivity index (χ0) is 19.8. The molecule has 0 aliphatic rings. The maximum atomic E-state index is 12.6. The highest BCUT2D eigenvalue weighted by atomic mass is 32.2. The molecule has 3 rings (SSSR count). The van der Waals surface area contributed by atoms with Gasteiger partial charge >= 0.3 is 0 Å². The first kappa shape index (κ1) is 20.0. The fourth-order valence-corrected chi connectivity index (χ4v) is 4.09. The highest BCUT2D eigenvalue weighted by Crippen LogP contribution is 2.26. The Labute approximate surface area is 171 Å². The van der Waals surface area contributed by atoms with E-state index in [2.05, 4.69) is 20.8 Å². The van der Waals surface area contributed by atoms with Gasteiger partial charge in [-0.1, -0.05) is 90.7 Å². The predicted octanol–water partition coefficient (Wildman–Crippen LogP) is 3.88. The Morgan fingerprint density at radius 2 is 1.57 bits per heavy atom. The number of hydrogen-bond donors (Lipinski definition) is 2. The lowest BCUT2D eigenvalue weighted by molar-refractivity contribution is -0.119. The molecular formula is C20H20N4O2S2. The van der Waals surface area contributed by atoms with Crippen molar-refractivity contribution in [3.63, 3.8) is 0 Å². The lowest BCUT2D eigenvalue weighted by Crippen LogP contribution is -2.30. The van der Waals surface area contributed by atoms with Crippen LogP contribution in [0, 0.1) is 0 Å². The van der Waals surface area contributed by atoms with Gasteiger partial charge in [0.15, 0.2) is 4.34 Å². The van der Waals surface area contributed by atoms with Crippen LogP contribution in [0.1, 0.15) is 30.5 Å². The number of aromatic nitrogens is 2. The van der Waals surface area contributed by atoms with Crippen LogP contribution in [-0.2, 0) is 9.59 Å². The fraction of sp³-hybridized carbons (Fsp3) is 0.200. The zero-order valence-corrected chi connectivity index (χ0v) is 16.9. The van der Waals surface area contributed by atoms with Crippen LogP contribution in [0.25, 0.3) is 0 Å². The van der Waals surface area contributed by atoms with Gasteiger partial charge in [-0.25, -0.2) is 0 Å². The number of anilines is 1. The Morgan fingerprint density at radius 1 is 0.964 bits per heavy atom. The Bertz CT molecular complexity index is 877. The first-order valence-corrected chi connectivity index (χ1v) is 10.6. The van der Waals surface area contributed by atoms with Gasteiger partial charge in [0.2, 0.25) is 16.9 Å². The summed E-state index contributed by atoms with van der Waals surface area (Å²) in [5, 5.41) is 14.1. The smallest absolute Gasteiger partial charge is 0.231 e. The number of thioether (sulfide) groups is 1. The number of amides is 2. The minimum Gasteiger partial charge on any atom is -0.344 e. The Balaban J connectivity index is 1.62. The third kappa shape index (κ3) is 5.64. The molecule has 6 nitrogen and oxygen atoms in total. The van der Waals surface area contributed by atoms with E-state index in [-0.39, 0.29) is 23.6 Å². The Kier molecular flexibility index (Phi) is 7.16. The maximum Gasteiger partial charge on any atom is 0.231 e. The molecule has 1 heterocycles. The van der Waals surface area contributed by atoms with Gasteiger partial charge in [-0.15, -0.1) is 10.2 Å². The molecule has 2 aromatic carbocycles. The van der Waals surface area contributed by atoms with Crippen molar-refractivity contribution < 1.29 is 9.59 Å². The number of hydrogen-bond acceptors (Lipinski definition) is 6. The Hall–Kier alpha value is -2.71. The molecule has 0 atom stereocenters. The molecule has 0 saturated heterocycles. The number of nitrogens with one attached hydrogen (secondary N) is 2. The molecule has 0 radical (unpaired) electrons. The molecular weight excluding hydrogens is 392 g/mol. The molecule has 0 aliphatic carbocycles. The number of carbonyl (C=O) groups is 2. The predicted molar refractivity (Wildman–Crippen MR) is 112 cm³/mol. The summed E-state index contributed by atoms with van der Waals surface area (Å²) in [6, 6.07) is 19.5. The van der Waals surface area contributed by atoms with Crippen molar-refractivity contribution in [3.05, 3.63) is 71.8 Å². The molecule has 2 N–H and O–H groups in total. The summed E-state index contributed by atoms with van der Waals surface area (Å²) in [4.78, 5) is 24.0. The number of rotatable bonds is 8. The van der Waals surface area contributed by atoms with Gasteiger partial charge in [-0.3, -0.25) is 9.59 Å². The van der Waals surface area contributed by atoms with Crippen molar-refractivity contribution >= 4 is 40.0 Å². The van der Waals surface area contributed by atoms with Gasteiger partial charge in [0.05, 0.1) is 11.8 Å². The van der Waals surface area contributed by atoms with Crippen molar-refractivity contribution in [1.82, 2.24) is 15.5 Å². The zero-order valence-electron chi connectivity index (χ0n) is 15.3. The molecule has 1 aromatic heterocycles. The van der Waals surface area contributed by atoms with Gasteiger partial charge in [0, 0.05) is 6.42 Å². The van der Waals surface area contributed by atoms with E-state index in [0.717, 1.165) is 11.1 Å². The molecule has 3 aromatic rings. The van der Waals surface area contributed by atoms with Crippen molar-refractivity contribution in [2.24, 2.45) is 0 Å². The van der Waals surface area contributed by atoms with Crippen LogP contribution >= 0.6 is 23.1 Å². The van der Waals surface area contributed by atoms with Gasteiger partial charge in [0.25, 0.3) is 0 Å². The number of nitrogens with zero attached hydrogens (tertiary/aromatic N) is 2. The summed E-state index contributed by atoms with van der Waals surface area (Å²) in [6.45, 7) is 1.77. The van der Waals surface area contributed by atoms with E-state index in [0.29, 0.717) is 15.9 Å². The standard InChI is InChI=1S/C20H20N4O2S2/c1-2-16(25)22-19-23-24-20(28-19)27-13-17(26)21-18(14-9-5-3-6-10-14)15-11-7-4-8-12-15/h3-12,18H,2,13H2,1H3,(H,21,26)(H,22,23,25). The van der Waals surface area contributed by atoms with E-state index >= 15 is 0 Å². The van der Waals surface area contributed by atoms with Crippen molar-refractivity contribution in [2.75, 3.05) is 11.1 Å². The third-order valence-electron chi connectivity index (χ3n) is 3.87. The summed E-state index contributed by atoms with van der Waals surface area (Å²) in [5.74, 6) is 0.00282. The van der Waals surface area contributed by atoms with E-state index < -0.39 is 0 Å². The number of carbonyl (C=O) groups excluding carboxylic acids is 2. The molecule has 28 heavy (non-hydrogen) atoms. The normalized spacial score (nSPS) is 10.6. The molecule has 144 valence electrons. The molecule has 0 unspecified atom stereocenters. The van der Waals surface area contributed by atoms with Crippen molar-refractivity contribution in [2.45, 2.75) is 23.7 Å². The lowest BCUT2D eigenvalue weighted by Gasteiger charge is -2.19. The topological polar surface area (TPSA) is 84.0 Å². The second-order valence-corrected chi connectivity index (χ2v) is 8.09. The molecule has 0 aliphatic heterocycles. The molecule has 8 heteroatoms. The van der Waals surface area contributed by atoms with Gasteiger partial charge in [0.1, 0.15) is 0 Å². The molecule has 2 amide bonds. The highest BCUT2D eigenvalue weighted by molar-refractivity contribution is 8.01. The first-order chi connectivity index (χ1) is 13.7. The van der Waals surface area contributed by atoms with E-state index in [1.165, 1.54) is 23.1 Å². The van der Waals surface area contributed by atoms with E-state index in [9.17, 15) is 9.59 Å². The maximum absolute atomic E-state index is 12.6. The summed E-state index contributed by atoms with van der Waals surface area (Å²) < 4.78 is 0.637. The van der Waals surface area contributed by atoms with Crippen LogP contribution in [0.4, 0.5) is 5.13 Å². The van der Waals surface area contributed by atoms with Gasteiger partial charge in [-0.2, -0.15) is 0 Å². The van der Waals surface area contributed by atoms with E-state index in [4.69, 9.17) is 0 Å². The summed E-state index contributed by atoms with van der Waals surface area (Å²) in [6.07, 6.45) is 0.380. The second kappa shape index (κ2) is 10.0. The molecule has 0 fully saturated rings. The SMILES string of the molecule is CCC(=O)Nc1nnc(SCC(=O)NC(c2ccccc2)c2ccccc2)s1. The van der Waals surface area contributed by atoms with Crippen LogP contribution in [0.5, 0.6) is 0 Å². The van der Waals surface area contributed by atoms with Crippen molar-refractivity contribution in [1.29, 1.82) is 0 Å². The average molecular weight is 413 g/mol. The molecule has 0 saturated carbocycles. The van der Waals surface area contributed by atoms with Crippen LogP contribution in [0.2, 0.25) is 0 Å². The lowest BCUT2D eigenvalue weighted by atomic mass is 9.99. The monoisotopic (exact) mass is 412 g/mol. The fourth-order valence-electron chi connectivity index (χ4n) is 2.51. The van der Waals surface area contributed by atoms with E-state index in [1.54, 1.807) is 6.92 Å². The van der Waals surface area contributed by atoms with Gasteiger partial charge in [-0.05, 0) is 11.1 Å². The van der Waals surface area contributed by atoms with Crippen LogP contribution in [-0.4, -0.2) is 27.8 Å². The summed E-state index contributed by atoms with van der Waals surface area (Å²) in [5.41, 5.74) is 2.04. The summed E-state index contributed by atoms with van der Waals surface area (Å²) >= 11 is 2.56. The molecule has 0 spiro atoms. The largest absolute Gasteiger partial charge is 0.344 e. The van der Waals surface area contributed by atoms with Gasteiger partial charge < -0.3 is 10.6 Å². The van der Waals surface area contributed by atoms with Crippen LogP contribution in [0.3, 0.4) is 0 Å². The van der Waals surface area contributed by atoms with Crippen LogP contribution < -0.4 is 10.6 Å². The minimum atomic E-state index is -0.218. The quantitative estimate of drug-likeness (QED) is 0.433. The second-order valence-electron chi connectivity index (χ2n) is 5.89. The van der Waals surface area contributed by atoms with Crippen molar-refractivity contribution in [3.8, 4) is 0 Å². The highest BCUT2D eigenvalue weighted by Gasteiger charge is 2.17. The minimum absolute atomic E-state index is 0.1000. The Morgan fingerprint density at radius 3 is 2.14 bits per heavy atom. The first-order valence-electron chi connectivity index (χ1n) is 8.81. The third-order valence-corrected chi connectivity index (χ3v) is 5.84. The average Bonchev–Trinajstić information content (AvgIpc) is 3.19. The summed E-state index contributed by atoms with van der Waals surface area (Å²) in [7, 11) is 0. The van der Waals surface area contributed by atoms with Crippen LogP contribution in [0.15, 0.2) is 65.0 Å². The van der Waals surface area contributed by atoms with E-state index in [1.807, 2.05) is 60.7 Å². The number of benzene rings is 2. The molecule has 0 bridgehead atoms.